The average Bonchev–Trinajstić information content (AvgIpc) is 3.52. The van der Waals surface area contributed by atoms with Gasteiger partial charge in [0.25, 0.3) is 17.5 Å². The molecule has 0 fully saturated rings. The van der Waals surface area contributed by atoms with Crippen LogP contribution >= 0.6 is 46.3 Å². The summed E-state index contributed by atoms with van der Waals surface area (Å²) >= 11 is 14.8. The van der Waals surface area contributed by atoms with Crippen molar-refractivity contribution in [3.63, 3.8) is 0 Å². The molecule has 0 aliphatic rings. The zero-order chi connectivity index (χ0) is 33.3. The van der Waals surface area contributed by atoms with Crippen LogP contribution in [-0.2, 0) is 9.59 Å². The molecule has 0 spiro atoms. The predicted molar refractivity (Wildman–Crippen MR) is 187 cm³/mol. The van der Waals surface area contributed by atoms with Gasteiger partial charge in [0.1, 0.15) is 5.70 Å². The molecule has 5 rings (SSSR count). The topological polar surface area (TPSA) is 143 Å². The number of thiazole rings is 1. The Bertz CT molecular complexity index is 1990. The van der Waals surface area contributed by atoms with Crippen LogP contribution in [0.4, 0.5) is 16.5 Å². The Labute approximate surface area is 287 Å². The molecule has 0 radical (unpaired) electrons. The fourth-order valence-corrected chi connectivity index (χ4v) is 6.11. The highest BCUT2D eigenvalue weighted by atomic mass is 35.5. The number of nitrogens with one attached hydrogen (secondary N) is 3. The minimum absolute atomic E-state index is 0.0758. The largest absolute Gasteiger partial charge is 0.321 e. The summed E-state index contributed by atoms with van der Waals surface area (Å²) in [5.74, 6) is -1.32. The molecule has 5 aromatic rings. The molecule has 0 saturated heterocycles. The second-order valence-electron chi connectivity index (χ2n) is 9.71. The molecule has 236 valence electrons. The number of hydrogen-bond acceptors (Lipinski definition) is 8. The highest BCUT2D eigenvalue weighted by Gasteiger charge is 2.16. The van der Waals surface area contributed by atoms with Crippen molar-refractivity contribution in [1.82, 2.24) is 10.3 Å². The Balaban J connectivity index is 1.24. The number of halogens is 2. The van der Waals surface area contributed by atoms with Crippen LogP contribution in [0, 0.1) is 10.1 Å². The summed E-state index contributed by atoms with van der Waals surface area (Å²) in [6, 6.07) is 25.9. The standard InChI is InChI=1S/C33H23Cl2N5O5S2/c34-22-11-14-26(27(35)16-22)29-18-47-33(38-29)39-30(41)19-46-25-8-4-7-23(17-25)36-32(43)28(37-31(42)21-5-2-1-3-6-21)15-20-9-12-24(13-10-20)40(44)45/h1-18H,19H2,(H,36,43)(H,37,42)(H,38,39,41)/b28-15+. The van der Waals surface area contributed by atoms with E-state index in [2.05, 4.69) is 20.9 Å². The van der Waals surface area contributed by atoms with Crippen molar-refractivity contribution in [2.24, 2.45) is 0 Å². The number of aromatic nitrogens is 1. The summed E-state index contributed by atoms with van der Waals surface area (Å²) in [6.45, 7) is 0. The van der Waals surface area contributed by atoms with E-state index >= 15 is 0 Å². The Morgan fingerprint density at radius 2 is 1.68 bits per heavy atom. The number of hydrogen-bond donors (Lipinski definition) is 3. The van der Waals surface area contributed by atoms with Crippen molar-refractivity contribution in [2.45, 2.75) is 4.90 Å². The monoisotopic (exact) mass is 703 g/mol. The molecule has 10 nitrogen and oxygen atoms in total. The fourth-order valence-electron chi connectivity index (χ4n) is 4.12. The van der Waals surface area contributed by atoms with Crippen molar-refractivity contribution >= 4 is 86.6 Å². The van der Waals surface area contributed by atoms with Crippen LogP contribution in [-0.4, -0.2) is 33.4 Å². The summed E-state index contributed by atoms with van der Waals surface area (Å²) in [5.41, 5.74) is 2.36. The first-order valence-corrected chi connectivity index (χ1v) is 16.3. The first kappa shape index (κ1) is 33.4. The molecule has 0 bridgehead atoms. The molecular formula is C33H23Cl2N5O5S2. The van der Waals surface area contributed by atoms with E-state index < -0.39 is 16.7 Å². The lowest BCUT2D eigenvalue weighted by molar-refractivity contribution is -0.384. The molecular weight excluding hydrogens is 681 g/mol. The van der Waals surface area contributed by atoms with Crippen LogP contribution < -0.4 is 16.0 Å². The number of amides is 3. The maximum atomic E-state index is 13.4. The van der Waals surface area contributed by atoms with E-state index in [0.717, 1.165) is 0 Å². The van der Waals surface area contributed by atoms with Gasteiger partial charge in [-0.2, -0.15) is 0 Å². The van der Waals surface area contributed by atoms with E-state index in [4.69, 9.17) is 23.2 Å². The van der Waals surface area contributed by atoms with E-state index in [-0.39, 0.29) is 23.0 Å². The third-order valence-electron chi connectivity index (χ3n) is 6.36. The highest BCUT2D eigenvalue weighted by Crippen LogP contribution is 2.32. The lowest BCUT2D eigenvalue weighted by atomic mass is 10.1. The third kappa shape index (κ3) is 9.27. The Morgan fingerprint density at radius 3 is 2.40 bits per heavy atom. The molecule has 0 unspecified atom stereocenters. The van der Waals surface area contributed by atoms with Gasteiger partial charge in [0.15, 0.2) is 5.13 Å². The van der Waals surface area contributed by atoms with Gasteiger partial charge in [0.05, 0.1) is 21.4 Å². The molecule has 3 amide bonds. The summed E-state index contributed by atoms with van der Waals surface area (Å²) in [5, 5.41) is 22.4. The van der Waals surface area contributed by atoms with Crippen molar-refractivity contribution < 1.29 is 19.3 Å². The van der Waals surface area contributed by atoms with Crippen molar-refractivity contribution in [1.29, 1.82) is 0 Å². The van der Waals surface area contributed by atoms with E-state index in [0.29, 0.717) is 48.1 Å². The molecule has 4 aromatic carbocycles. The molecule has 47 heavy (non-hydrogen) atoms. The second kappa shape index (κ2) is 15.5. The number of nitro groups is 1. The van der Waals surface area contributed by atoms with Gasteiger partial charge in [-0.05, 0) is 72.3 Å². The van der Waals surface area contributed by atoms with Gasteiger partial charge < -0.3 is 16.0 Å². The van der Waals surface area contributed by atoms with Gasteiger partial charge in [-0.1, -0.05) is 47.5 Å². The Morgan fingerprint density at radius 1 is 0.915 bits per heavy atom. The van der Waals surface area contributed by atoms with Gasteiger partial charge in [-0.15, -0.1) is 23.1 Å². The quantitative estimate of drug-likeness (QED) is 0.0545. The van der Waals surface area contributed by atoms with E-state index in [1.54, 1.807) is 78.2 Å². The second-order valence-corrected chi connectivity index (χ2v) is 12.5. The minimum atomic E-state index is -0.618. The number of thioether (sulfide) groups is 1. The maximum Gasteiger partial charge on any atom is 0.272 e. The van der Waals surface area contributed by atoms with Crippen molar-refractivity contribution in [2.75, 3.05) is 16.4 Å². The summed E-state index contributed by atoms with van der Waals surface area (Å²) in [7, 11) is 0. The fraction of sp³-hybridized carbons (Fsp3) is 0.0303. The molecule has 0 aliphatic carbocycles. The number of benzene rings is 4. The highest BCUT2D eigenvalue weighted by molar-refractivity contribution is 8.00. The van der Waals surface area contributed by atoms with Crippen LogP contribution in [0.15, 0.2) is 113 Å². The Kier molecular flexibility index (Phi) is 11.0. The van der Waals surface area contributed by atoms with Crippen LogP contribution in [0.2, 0.25) is 10.0 Å². The Hall–Kier alpha value is -5.01. The SMILES string of the molecule is O=C(CSc1cccc(NC(=O)/C(=C\c2ccc([N+](=O)[O-])cc2)NC(=O)c2ccccc2)c1)Nc1nc(-c2ccc(Cl)cc2Cl)cs1. The van der Waals surface area contributed by atoms with Crippen LogP contribution in [0.25, 0.3) is 17.3 Å². The van der Waals surface area contributed by atoms with E-state index in [1.165, 1.54) is 53.4 Å². The number of nitro benzene ring substituents is 1. The van der Waals surface area contributed by atoms with Crippen LogP contribution in [0.5, 0.6) is 0 Å². The number of non-ortho nitro benzene ring substituents is 1. The molecule has 0 aliphatic heterocycles. The summed E-state index contributed by atoms with van der Waals surface area (Å²) < 4.78 is 0. The molecule has 14 heteroatoms. The normalized spacial score (nSPS) is 11.1. The third-order valence-corrected chi connectivity index (χ3v) is 8.66. The molecule has 3 N–H and O–H groups in total. The van der Waals surface area contributed by atoms with Gasteiger partial charge in [0, 0.05) is 44.2 Å². The number of rotatable bonds is 11. The van der Waals surface area contributed by atoms with Crippen molar-refractivity contribution in [3.8, 4) is 11.3 Å². The lowest BCUT2D eigenvalue weighted by Crippen LogP contribution is -2.30. The maximum absolute atomic E-state index is 13.4. The van der Waals surface area contributed by atoms with Gasteiger partial charge in [-0.3, -0.25) is 24.5 Å². The van der Waals surface area contributed by atoms with Gasteiger partial charge >= 0.3 is 0 Å². The lowest BCUT2D eigenvalue weighted by Gasteiger charge is -2.12. The molecule has 0 atom stereocenters. The summed E-state index contributed by atoms with van der Waals surface area (Å²) in [4.78, 5) is 54.6. The van der Waals surface area contributed by atoms with Gasteiger partial charge in [0.2, 0.25) is 5.91 Å². The van der Waals surface area contributed by atoms with E-state index in [9.17, 15) is 24.5 Å². The van der Waals surface area contributed by atoms with Crippen LogP contribution in [0.3, 0.4) is 0 Å². The first-order valence-electron chi connectivity index (χ1n) is 13.7. The number of carbonyl (C=O) groups excluding carboxylic acids is 3. The summed E-state index contributed by atoms with van der Waals surface area (Å²) in [6.07, 6.45) is 1.42. The van der Waals surface area contributed by atoms with Crippen molar-refractivity contribution in [3.05, 3.63) is 139 Å². The molecule has 1 heterocycles. The molecule has 1 aromatic heterocycles. The van der Waals surface area contributed by atoms with Gasteiger partial charge in [-0.25, -0.2) is 4.98 Å². The first-order chi connectivity index (χ1) is 22.6. The number of anilines is 2. The predicted octanol–water partition coefficient (Wildman–Crippen LogP) is 8.17. The average molecular weight is 705 g/mol. The molecule has 0 saturated carbocycles. The number of carbonyl (C=O) groups is 3. The van der Waals surface area contributed by atoms with Crippen LogP contribution in [0.1, 0.15) is 15.9 Å². The number of nitrogens with zero attached hydrogens (tertiary/aromatic N) is 2. The smallest absolute Gasteiger partial charge is 0.272 e. The zero-order valence-corrected chi connectivity index (χ0v) is 27.3. The zero-order valence-electron chi connectivity index (χ0n) is 24.1. The minimum Gasteiger partial charge on any atom is -0.321 e. The van der Waals surface area contributed by atoms with E-state index in [1.807, 2.05) is 0 Å².